The van der Waals surface area contributed by atoms with E-state index in [0.29, 0.717) is 79.3 Å². The van der Waals surface area contributed by atoms with Crippen LogP contribution < -0.4 is 15.3 Å². The summed E-state index contributed by atoms with van der Waals surface area (Å²) >= 11 is 0. The van der Waals surface area contributed by atoms with Crippen molar-refractivity contribution in [3.8, 4) is 22.3 Å². The van der Waals surface area contributed by atoms with Crippen LogP contribution in [-0.2, 0) is 13.1 Å². The molecular formula is C57H60FN12O4+. The normalized spacial score (nSPS) is 20.0. The fourth-order valence-electron chi connectivity index (χ4n) is 10.9. The highest BCUT2D eigenvalue weighted by Gasteiger charge is 2.50. The number of halogens is 1. The van der Waals surface area contributed by atoms with Gasteiger partial charge in [0.05, 0.1) is 17.9 Å². The minimum Gasteiger partial charge on any atom is -0.389 e. The van der Waals surface area contributed by atoms with E-state index in [1.165, 1.54) is 18.4 Å². The molecule has 0 saturated carbocycles. The Labute approximate surface area is 428 Å². The Bertz CT molecular complexity index is 3340. The van der Waals surface area contributed by atoms with E-state index in [9.17, 15) is 19.8 Å². The third kappa shape index (κ3) is 9.47. The highest BCUT2D eigenvalue weighted by atomic mass is 19.1. The third-order valence-electron chi connectivity index (χ3n) is 15.2. The van der Waals surface area contributed by atoms with Crippen LogP contribution >= 0.6 is 0 Å². The monoisotopic (exact) mass is 995 g/mol. The number of nitrogens with one attached hydrogen (secondary N) is 2. The van der Waals surface area contributed by atoms with Crippen molar-refractivity contribution in [1.82, 2.24) is 43.7 Å². The number of nitrogens with zero attached hydrogens (tertiary/aromatic N) is 10. The van der Waals surface area contributed by atoms with Crippen LogP contribution in [-0.4, -0.2) is 136 Å². The summed E-state index contributed by atoms with van der Waals surface area (Å²) in [5, 5.41) is 30.8. The number of benzene rings is 4. The molecule has 4 aliphatic rings. The van der Waals surface area contributed by atoms with E-state index in [2.05, 4.69) is 87.1 Å². The lowest BCUT2D eigenvalue weighted by Crippen LogP contribution is -2.54. The average Bonchev–Trinajstić information content (AvgIpc) is 4.06. The lowest BCUT2D eigenvalue weighted by atomic mass is 9.98. The number of rotatable bonds is 13. The molecule has 0 bridgehead atoms. The van der Waals surface area contributed by atoms with Gasteiger partial charge in [-0.05, 0) is 139 Å². The zero-order valence-corrected chi connectivity index (χ0v) is 41.6. The second-order valence-corrected chi connectivity index (χ2v) is 20.9. The summed E-state index contributed by atoms with van der Waals surface area (Å²) in [6, 6.07) is 38.8. The van der Waals surface area contributed by atoms with E-state index in [0.717, 1.165) is 59.1 Å². The molecule has 0 spiro atoms. The van der Waals surface area contributed by atoms with Gasteiger partial charge < -0.3 is 25.3 Å². The van der Waals surface area contributed by atoms with Crippen LogP contribution in [0, 0.1) is 5.92 Å². The largest absolute Gasteiger partial charge is 0.417 e. The number of fused-ring (bicyclic) bond motifs is 2. The van der Waals surface area contributed by atoms with Gasteiger partial charge in [0.1, 0.15) is 6.04 Å². The molecule has 8 heterocycles. The highest BCUT2D eigenvalue weighted by molar-refractivity contribution is 5.96. The molecule has 0 aliphatic carbocycles. The second kappa shape index (κ2) is 19.4. The maximum Gasteiger partial charge on any atom is 0.417 e. The molecule has 17 heteroatoms. The van der Waals surface area contributed by atoms with Gasteiger partial charge in [-0.1, -0.05) is 55.5 Å². The molecule has 2 atom stereocenters. The van der Waals surface area contributed by atoms with Crippen LogP contribution in [0.5, 0.6) is 0 Å². The van der Waals surface area contributed by atoms with Gasteiger partial charge in [-0.15, -0.1) is 9.78 Å². The summed E-state index contributed by atoms with van der Waals surface area (Å²) in [7, 11) is 0. The third-order valence-corrected chi connectivity index (χ3v) is 15.2. The van der Waals surface area contributed by atoms with Gasteiger partial charge in [-0.25, -0.2) is 14.2 Å². The number of anilines is 4. The van der Waals surface area contributed by atoms with Gasteiger partial charge in [-0.3, -0.25) is 19.4 Å². The van der Waals surface area contributed by atoms with Crippen molar-refractivity contribution in [1.29, 1.82) is 0 Å². The van der Waals surface area contributed by atoms with Crippen molar-refractivity contribution in [2.75, 3.05) is 63.0 Å². The van der Waals surface area contributed by atoms with Crippen LogP contribution in [0.4, 0.5) is 27.7 Å². The quantitative estimate of drug-likeness (QED) is 0.0870. The van der Waals surface area contributed by atoms with Crippen molar-refractivity contribution in [3.05, 3.63) is 156 Å². The lowest BCUT2D eigenvalue weighted by Gasteiger charge is -2.35. The van der Waals surface area contributed by atoms with Crippen molar-refractivity contribution < 1.29 is 28.9 Å². The predicted molar refractivity (Wildman–Crippen MR) is 280 cm³/mol. The summed E-state index contributed by atoms with van der Waals surface area (Å²) < 4.78 is 23.1. The molecule has 2 amide bonds. The highest BCUT2D eigenvalue weighted by Crippen LogP contribution is 2.36. The van der Waals surface area contributed by atoms with Gasteiger partial charge in [0.25, 0.3) is 17.5 Å². The number of aromatic nitrogens is 6. The number of hydrogen-bond donors (Lipinski definition) is 4. The first-order valence-electron chi connectivity index (χ1n) is 25.7. The molecular weight excluding hydrogens is 936 g/mol. The minimum atomic E-state index is -1.65. The van der Waals surface area contributed by atoms with E-state index in [4.69, 9.17) is 9.97 Å². The topological polar surface area (TPSA) is 163 Å². The van der Waals surface area contributed by atoms with Crippen molar-refractivity contribution >= 4 is 46.4 Å². The van der Waals surface area contributed by atoms with Crippen molar-refractivity contribution in [3.63, 3.8) is 0 Å². The molecule has 4 aliphatic heterocycles. The van der Waals surface area contributed by atoms with E-state index in [-0.39, 0.29) is 18.4 Å². The number of piperidine rings is 1. The van der Waals surface area contributed by atoms with Crippen LogP contribution in [0.3, 0.4) is 0 Å². The number of alkyl halides is 1. The number of β-amino-alcohol motifs (C(OH)–C–C–N with tert-alkyl or cyclic N) is 2. The van der Waals surface area contributed by atoms with Gasteiger partial charge >= 0.3 is 5.95 Å². The summed E-state index contributed by atoms with van der Waals surface area (Å²) in [6.45, 7) is 9.68. The zero-order chi connectivity index (χ0) is 50.7. The van der Waals surface area contributed by atoms with Gasteiger partial charge in [-0.2, -0.15) is 9.50 Å². The maximum absolute atomic E-state index is 17.4. The van der Waals surface area contributed by atoms with E-state index in [1.807, 2.05) is 64.1 Å². The Morgan fingerprint density at radius 1 is 0.662 bits per heavy atom. The van der Waals surface area contributed by atoms with Crippen LogP contribution in [0.1, 0.15) is 64.6 Å². The molecule has 2 unspecified atom stereocenters. The Morgan fingerprint density at radius 3 is 1.76 bits per heavy atom. The molecule has 4 fully saturated rings. The number of amides is 2. The Balaban J connectivity index is 0.781. The molecule has 16 nitrogen and oxygen atoms in total. The van der Waals surface area contributed by atoms with Crippen LogP contribution in [0.25, 0.3) is 33.5 Å². The molecule has 74 heavy (non-hydrogen) atoms. The van der Waals surface area contributed by atoms with Gasteiger partial charge in [0, 0.05) is 92.7 Å². The number of pyridine rings is 2. The van der Waals surface area contributed by atoms with E-state index >= 15 is 4.39 Å². The summed E-state index contributed by atoms with van der Waals surface area (Å²) in [4.78, 5) is 43.8. The van der Waals surface area contributed by atoms with E-state index < -0.39 is 23.9 Å². The smallest absolute Gasteiger partial charge is 0.389 e. The lowest BCUT2D eigenvalue weighted by molar-refractivity contribution is -0.777. The standard InChI is InChI=1S/C57H59FN12O4/c1-37-23-27-64(28-24-37)29-38-7-13-41(14-8-38)49-6-4-26-69-52(49)62-56(60-45-21-17-43(18-22-45)54(74)67-33-47(72)34-67)70(69)50-35-65(36-57(50,2)58)30-39-9-11-40(12-10-39)48-5-3-25-68-51(48)61-55(63-68)59-44-19-15-42(16-20-44)53(73)66-31-46(71)32-66/h3-22,25-26,37,46-47,50,71-72H,23-24,27-36H2,1-2H3,(H,59,63,73)/p+1. The number of carbonyl (C=O) groups excluding carboxylic acids is 2. The van der Waals surface area contributed by atoms with Crippen LogP contribution in [0.15, 0.2) is 134 Å². The summed E-state index contributed by atoms with van der Waals surface area (Å²) in [5.74, 6) is 1.44. The molecule has 12 rings (SSSR count). The number of aliphatic hydroxyl groups is 2. The molecule has 0 radical (unpaired) electrons. The van der Waals surface area contributed by atoms with Crippen molar-refractivity contribution in [2.45, 2.75) is 63.7 Å². The molecule has 4 saturated heterocycles. The molecule has 4 aromatic carbocycles. The van der Waals surface area contributed by atoms with Gasteiger partial charge in [0.15, 0.2) is 11.3 Å². The second-order valence-electron chi connectivity index (χ2n) is 20.9. The average molecular weight is 996 g/mol. The Hall–Kier alpha value is -7.57. The molecule has 4 aromatic heterocycles. The van der Waals surface area contributed by atoms with Gasteiger partial charge in [0.2, 0.25) is 5.95 Å². The molecule has 8 aromatic rings. The Kier molecular flexibility index (Phi) is 12.4. The number of likely N-dealkylation sites (tertiary alicyclic amines) is 4. The number of aliphatic hydroxyl groups excluding tert-OH is 2. The zero-order valence-electron chi connectivity index (χ0n) is 41.6. The maximum atomic E-state index is 17.4. The van der Waals surface area contributed by atoms with Crippen LogP contribution in [0.2, 0.25) is 0 Å². The number of hydrogen-bond acceptors (Lipinski definition) is 11. The minimum absolute atomic E-state index is 0.108. The first kappa shape index (κ1) is 47.4. The summed E-state index contributed by atoms with van der Waals surface area (Å²) in [6.07, 6.45) is 5.32. The fraction of sp³-hybridized carbons (Fsp3) is 0.333. The first-order chi connectivity index (χ1) is 35.9. The first-order valence-corrected chi connectivity index (χ1v) is 25.7. The summed E-state index contributed by atoms with van der Waals surface area (Å²) in [5.41, 5.74) is 8.37. The van der Waals surface area contributed by atoms with E-state index in [1.54, 1.807) is 45.5 Å². The predicted octanol–water partition coefficient (Wildman–Crippen LogP) is 7.14. The van der Waals surface area contributed by atoms with Crippen molar-refractivity contribution in [2.24, 2.45) is 5.92 Å². The Morgan fingerprint density at radius 2 is 1.19 bits per heavy atom. The molecule has 378 valence electrons. The fourth-order valence-corrected chi connectivity index (χ4v) is 10.9. The number of carbonyl (C=O) groups is 2. The molecule has 4 N–H and O–H groups in total. The SMILES string of the molecule is CC1CCN(Cc2ccc(-c3cccn4c3nc(Nc3ccc(C(=O)N5CC(O)C5)cc3)[n+]4C3CN(Cc4ccc(-c5cccn6nc(Nc7ccc(C(=O)N8CC(O)C8)cc7)nc56)cc4)CC3(C)F)cc2)CC1.